The van der Waals surface area contributed by atoms with Crippen LogP contribution in [0.1, 0.15) is 10.4 Å². The third kappa shape index (κ3) is 3.28. The van der Waals surface area contributed by atoms with Gasteiger partial charge >= 0.3 is 0 Å². The number of aromatic nitrogens is 2. The molecule has 0 spiro atoms. The number of aryl methyl sites for hydroxylation is 2. The molecule has 0 saturated heterocycles. The second-order valence-corrected chi connectivity index (χ2v) is 8.53. The Kier molecular flexibility index (Phi) is 4.56. The van der Waals surface area contributed by atoms with E-state index < -0.39 is 0 Å². The van der Waals surface area contributed by atoms with Gasteiger partial charge < -0.3 is 10.1 Å². The fourth-order valence-corrected chi connectivity index (χ4v) is 4.83. The molecular weight excluding hydrogens is 386 g/mol. The first-order valence-corrected chi connectivity index (χ1v) is 10.00. The predicted molar refractivity (Wildman–Crippen MR) is 111 cm³/mol. The van der Waals surface area contributed by atoms with Crippen LogP contribution in [-0.2, 0) is 0 Å². The molecule has 1 N–H and O–H groups in total. The lowest BCUT2D eigenvalue weighted by Crippen LogP contribution is -1.90. The molecule has 0 bridgehead atoms. The molecular formula is C19H16ClN3OS2. The molecule has 26 heavy (non-hydrogen) atoms. The standard InChI is InChI=1S/C19H16ClN3OS2/c1-10-8-12(4-7-15(10)24-3)17-11(2)25-19(22-17)23-18-21-14-6-5-13(20)9-16(14)26-18/h4-9H,1-3H3,(H,21,22,23). The lowest BCUT2D eigenvalue weighted by molar-refractivity contribution is 0.412. The zero-order chi connectivity index (χ0) is 18.3. The van der Waals surface area contributed by atoms with Gasteiger partial charge in [0.15, 0.2) is 10.3 Å². The summed E-state index contributed by atoms with van der Waals surface area (Å²) in [6.45, 7) is 4.12. The normalized spacial score (nSPS) is 11.1. The van der Waals surface area contributed by atoms with Crippen molar-refractivity contribution >= 4 is 54.8 Å². The first-order valence-electron chi connectivity index (χ1n) is 7.99. The molecule has 4 aromatic rings. The van der Waals surface area contributed by atoms with Gasteiger partial charge in [-0.2, -0.15) is 0 Å². The molecule has 7 heteroatoms. The summed E-state index contributed by atoms with van der Waals surface area (Å²) in [6, 6.07) is 11.8. The van der Waals surface area contributed by atoms with E-state index in [4.69, 9.17) is 21.3 Å². The molecule has 2 aromatic heterocycles. The van der Waals surface area contributed by atoms with E-state index >= 15 is 0 Å². The average molecular weight is 402 g/mol. The summed E-state index contributed by atoms with van der Waals surface area (Å²) in [4.78, 5) is 10.5. The highest BCUT2D eigenvalue weighted by molar-refractivity contribution is 7.22. The van der Waals surface area contributed by atoms with Crippen LogP contribution in [0.3, 0.4) is 0 Å². The van der Waals surface area contributed by atoms with Gasteiger partial charge in [-0.3, -0.25) is 0 Å². The summed E-state index contributed by atoms with van der Waals surface area (Å²) >= 11 is 9.24. The van der Waals surface area contributed by atoms with E-state index in [2.05, 4.69) is 23.3 Å². The maximum atomic E-state index is 6.05. The third-order valence-corrected chi connectivity index (χ3v) is 6.08. The highest BCUT2D eigenvalue weighted by Gasteiger charge is 2.13. The molecule has 0 fully saturated rings. The van der Waals surface area contributed by atoms with Crippen LogP contribution in [0.5, 0.6) is 5.75 Å². The van der Waals surface area contributed by atoms with Gasteiger partial charge in [-0.1, -0.05) is 22.9 Å². The molecule has 0 amide bonds. The topological polar surface area (TPSA) is 47.0 Å². The SMILES string of the molecule is COc1ccc(-c2nc(Nc3nc4ccc(Cl)cc4s3)sc2C)cc1C. The minimum atomic E-state index is 0.718. The van der Waals surface area contributed by atoms with Crippen LogP contribution in [-0.4, -0.2) is 17.1 Å². The number of rotatable bonds is 4. The van der Waals surface area contributed by atoms with Crippen molar-refractivity contribution in [3.8, 4) is 17.0 Å². The number of nitrogens with one attached hydrogen (secondary N) is 1. The van der Waals surface area contributed by atoms with Gasteiger partial charge in [-0.25, -0.2) is 9.97 Å². The molecule has 4 nitrogen and oxygen atoms in total. The first-order chi connectivity index (χ1) is 12.5. The van der Waals surface area contributed by atoms with Crippen LogP contribution >= 0.6 is 34.3 Å². The highest BCUT2D eigenvalue weighted by Crippen LogP contribution is 2.36. The summed E-state index contributed by atoms with van der Waals surface area (Å²) in [5.41, 5.74) is 4.09. The van der Waals surface area contributed by atoms with Crippen molar-refractivity contribution in [1.29, 1.82) is 0 Å². The largest absolute Gasteiger partial charge is 0.496 e. The molecule has 0 aliphatic rings. The van der Waals surface area contributed by atoms with Crippen LogP contribution in [0.15, 0.2) is 36.4 Å². The average Bonchev–Trinajstić information content (AvgIpc) is 3.17. The Bertz CT molecular complexity index is 1100. The van der Waals surface area contributed by atoms with Crippen LogP contribution in [0, 0.1) is 13.8 Å². The van der Waals surface area contributed by atoms with Crippen LogP contribution < -0.4 is 10.1 Å². The molecule has 0 atom stereocenters. The molecule has 132 valence electrons. The van der Waals surface area contributed by atoms with Gasteiger partial charge in [-0.15, -0.1) is 11.3 Å². The number of methoxy groups -OCH3 is 1. The Morgan fingerprint density at radius 3 is 2.58 bits per heavy atom. The monoisotopic (exact) mass is 401 g/mol. The fraction of sp³-hybridized carbons (Fsp3) is 0.158. The molecule has 0 unspecified atom stereocenters. The Morgan fingerprint density at radius 1 is 1.00 bits per heavy atom. The van der Waals surface area contributed by atoms with E-state index in [-0.39, 0.29) is 0 Å². The minimum absolute atomic E-state index is 0.718. The predicted octanol–water partition coefficient (Wildman–Crippen LogP) is 6.44. The lowest BCUT2D eigenvalue weighted by atomic mass is 10.1. The zero-order valence-electron chi connectivity index (χ0n) is 14.5. The third-order valence-electron chi connectivity index (χ3n) is 4.03. The van der Waals surface area contributed by atoms with Crippen molar-refractivity contribution in [1.82, 2.24) is 9.97 Å². The lowest BCUT2D eigenvalue weighted by Gasteiger charge is -2.06. The van der Waals surface area contributed by atoms with E-state index in [1.165, 1.54) is 0 Å². The molecule has 0 aliphatic heterocycles. The second kappa shape index (κ2) is 6.87. The van der Waals surface area contributed by atoms with Crippen molar-refractivity contribution < 1.29 is 4.74 Å². The van der Waals surface area contributed by atoms with Gasteiger partial charge in [0.1, 0.15) is 5.75 Å². The number of halogens is 1. The number of hydrogen-bond acceptors (Lipinski definition) is 6. The Hall–Kier alpha value is -2.15. The maximum Gasteiger partial charge on any atom is 0.190 e. The number of hydrogen-bond donors (Lipinski definition) is 1. The van der Waals surface area contributed by atoms with Crippen molar-refractivity contribution in [3.05, 3.63) is 51.9 Å². The van der Waals surface area contributed by atoms with Crippen LogP contribution in [0.25, 0.3) is 21.5 Å². The summed E-state index contributed by atoms with van der Waals surface area (Å²) < 4.78 is 6.40. The summed E-state index contributed by atoms with van der Waals surface area (Å²) in [5.74, 6) is 0.883. The molecule has 0 saturated carbocycles. The van der Waals surface area contributed by atoms with Crippen LogP contribution in [0.4, 0.5) is 10.3 Å². The highest BCUT2D eigenvalue weighted by atomic mass is 35.5. The summed E-state index contributed by atoms with van der Waals surface area (Å²) in [5, 5.41) is 5.69. The zero-order valence-corrected chi connectivity index (χ0v) is 16.9. The quantitative estimate of drug-likeness (QED) is 0.427. The first kappa shape index (κ1) is 17.3. The van der Waals surface area contributed by atoms with E-state index in [1.807, 2.05) is 37.3 Å². The number of benzene rings is 2. The second-order valence-electron chi connectivity index (χ2n) is 5.86. The van der Waals surface area contributed by atoms with Crippen molar-refractivity contribution in [2.75, 3.05) is 12.4 Å². The molecule has 2 heterocycles. The summed E-state index contributed by atoms with van der Waals surface area (Å²) in [6.07, 6.45) is 0. The maximum absolute atomic E-state index is 6.05. The summed E-state index contributed by atoms with van der Waals surface area (Å²) in [7, 11) is 1.68. The van der Waals surface area contributed by atoms with Crippen molar-refractivity contribution in [2.24, 2.45) is 0 Å². The van der Waals surface area contributed by atoms with Gasteiger partial charge in [0, 0.05) is 15.5 Å². The molecule has 4 rings (SSSR count). The van der Waals surface area contributed by atoms with Gasteiger partial charge in [0.05, 0.1) is 23.0 Å². The van der Waals surface area contributed by atoms with E-state index in [0.717, 1.165) is 52.9 Å². The van der Waals surface area contributed by atoms with Crippen molar-refractivity contribution in [3.63, 3.8) is 0 Å². The molecule has 0 radical (unpaired) electrons. The Morgan fingerprint density at radius 2 is 1.81 bits per heavy atom. The number of thiazole rings is 2. The Labute approximate surface area is 164 Å². The minimum Gasteiger partial charge on any atom is -0.496 e. The van der Waals surface area contributed by atoms with E-state index in [9.17, 15) is 0 Å². The van der Waals surface area contributed by atoms with Gasteiger partial charge in [-0.05, 0) is 55.8 Å². The Balaban J connectivity index is 1.64. The van der Waals surface area contributed by atoms with E-state index in [1.54, 1.807) is 29.8 Å². The van der Waals surface area contributed by atoms with Crippen LogP contribution in [0.2, 0.25) is 5.02 Å². The number of anilines is 2. The van der Waals surface area contributed by atoms with Crippen molar-refractivity contribution in [2.45, 2.75) is 13.8 Å². The van der Waals surface area contributed by atoms with Gasteiger partial charge in [0.2, 0.25) is 0 Å². The number of nitrogens with zero attached hydrogens (tertiary/aromatic N) is 2. The number of fused-ring (bicyclic) bond motifs is 1. The fourth-order valence-electron chi connectivity index (χ4n) is 2.79. The van der Waals surface area contributed by atoms with Gasteiger partial charge in [0.25, 0.3) is 0 Å². The smallest absolute Gasteiger partial charge is 0.190 e. The molecule has 2 aromatic carbocycles. The molecule has 0 aliphatic carbocycles. The van der Waals surface area contributed by atoms with E-state index in [0.29, 0.717) is 0 Å². The number of ether oxygens (including phenoxy) is 1.